The fraction of sp³-hybridized carbons (Fsp3) is 0.364. The van der Waals surface area contributed by atoms with E-state index >= 15 is 0 Å². The highest BCUT2D eigenvalue weighted by atomic mass is 35.5. The number of hydrogen-bond acceptors (Lipinski definition) is 4. The monoisotopic (exact) mass is 448 g/mol. The van der Waals surface area contributed by atoms with Crippen LogP contribution in [0.3, 0.4) is 0 Å². The number of nitrogens with one attached hydrogen (secondary N) is 1. The number of halogens is 1. The van der Waals surface area contributed by atoms with Crippen LogP contribution in [0.2, 0.25) is 5.02 Å². The lowest BCUT2D eigenvalue weighted by Gasteiger charge is -2.27. The van der Waals surface area contributed by atoms with Crippen molar-refractivity contribution in [1.29, 1.82) is 0 Å². The summed E-state index contributed by atoms with van der Waals surface area (Å²) in [5.41, 5.74) is 0.840. The van der Waals surface area contributed by atoms with E-state index in [-0.39, 0.29) is 21.4 Å². The molecule has 2 aromatic rings. The molecule has 6 nitrogen and oxygen atoms in total. The molecule has 0 unspecified atom stereocenters. The molecule has 0 aliphatic carbocycles. The molecule has 2 amide bonds. The molecule has 0 saturated carbocycles. The van der Waals surface area contributed by atoms with Crippen molar-refractivity contribution in [2.75, 3.05) is 18.4 Å². The second kappa shape index (κ2) is 9.18. The first kappa shape index (κ1) is 22.3. The smallest absolute Gasteiger partial charge is 0.256 e. The Morgan fingerprint density at radius 2 is 1.67 bits per heavy atom. The van der Waals surface area contributed by atoms with Crippen LogP contribution in [0.4, 0.5) is 5.69 Å². The average Bonchev–Trinajstić information content (AvgIpc) is 2.74. The molecule has 0 atom stereocenters. The van der Waals surface area contributed by atoms with E-state index in [1.54, 1.807) is 43.0 Å². The largest absolute Gasteiger partial charge is 0.339 e. The molecule has 2 aromatic carbocycles. The van der Waals surface area contributed by atoms with E-state index in [9.17, 15) is 18.0 Å². The van der Waals surface area contributed by atoms with E-state index in [4.69, 9.17) is 11.6 Å². The Hall–Kier alpha value is -2.38. The molecule has 3 rings (SSSR count). The van der Waals surface area contributed by atoms with Crippen molar-refractivity contribution in [1.82, 2.24) is 4.90 Å². The van der Waals surface area contributed by atoms with Crippen LogP contribution in [0, 0.1) is 0 Å². The molecule has 0 bridgehead atoms. The van der Waals surface area contributed by atoms with Crippen LogP contribution in [-0.2, 0) is 9.84 Å². The molecule has 1 fully saturated rings. The van der Waals surface area contributed by atoms with Crippen LogP contribution >= 0.6 is 11.6 Å². The number of hydrogen-bond donors (Lipinski definition) is 1. The first-order valence-corrected chi connectivity index (χ1v) is 11.9. The number of sulfone groups is 1. The zero-order valence-corrected chi connectivity index (χ0v) is 18.6. The van der Waals surface area contributed by atoms with Gasteiger partial charge in [-0.25, -0.2) is 8.42 Å². The number of nitrogens with zero attached hydrogens (tertiary/aromatic N) is 1. The Kier molecular flexibility index (Phi) is 6.83. The summed E-state index contributed by atoms with van der Waals surface area (Å²) in [6, 6.07) is 10.8. The van der Waals surface area contributed by atoms with Gasteiger partial charge in [-0.15, -0.1) is 0 Å². The summed E-state index contributed by atoms with van der Waals surface area (Å²) in [7, 11) is -3.62. The van der Waals surface area contributed by atoms with Gasteiger partial charge >= 0.3 is 0 Å². The van der Waals surface area contributed by atoms with Crippen LogP contribution in [0.5, 0.6) is 0 Å². The van der Waals surface area contributed by atoms with Crippen molar-refractivity contribution in [3.8, 4) is 0 Å². The third kappa shape index (κ3) is 4.68. The number of carbonyl (C=O) groups is 2. The van der Waals surface area contributed by atoms with Gasteiger partial charge in [-0.3, -0.25) is 9.59 Å². The van der Waals surface area contributed by atoms with Gasteiger partial charge in [-0.05, 0) is 63.4 Å². The van der Waals surface area contributed by atoms with E-state index in [0.717, 1.165) is 32.4 Å². The highest BCUT2D eigenvalue weighted by Gasteiger charge is 2.26. The summed E-state index contributed by atoms with van der Waals surface area (Å²) in [5, 5.41) is 2.27. The second-order valence-electron chi connectivity index (χ2n) is 7.59. The molecular formula is C22H25ClN2O4S. The Bertz CT molecular complexity index is 1060. The van der Waals surface area contributed by atoms with Crippen LogP contribution < -0.4 is 5.32 Å². The van der Waals surface area contributed by atoms with Gasteiger partial charge in [0.2, 0.25) is 0 Å². The number of amides is 2. The molecule has 8 heteroatoms. The Morgan fingerprint density at radius 3 is 2.30 bits per heavy atom. The first-order valence-electron chi connectivity index (χ1n) is 9.95. The van der Waals surface area contributed by atoms with Gasteiger partial charge in [0.15, 0.2) is 9.84 Å². The predicted molar refractivity (Wildman–Crippen MR) is 118 cm³/mol. The molecule has 1 N–H and O–H groups in total. The normalized spacial score (nSPS) is 14.6. The van der Waals surface area contributed by atoms with Gasteiger partial charge in [0.25, 0.3) is 11.8 Å². The van der Waals surface area contributed by atoms with Crippen molar-refractivity contribution < 1.29 is 18.0 Å². The lowest BCUT2D eigenvalue weighted by molar-refractivity contribution is 0.0724. The number of likely N-dealkylation sites (tertiary alicyclic amines) is 1. The molecule has 1 aliphatic rings. The summed E-state index contributed by atoms with van der Waals surface area (Å²) in [4.78, 5) is 27.2. The van der Waals surface area contributed by atoms with Crippen LogP contribution in [0.15, 0.2) is 47.4 Å². The average molecular weight is 449 g/mol. The van der Waals surface area contributed by atoms with Gasteiger partial charge in [0, 0.05) is 18.8 Å². The number of piperidine rings is 1. The van der Waals surface area contributed by atoms with Gasteiger partial charge in [0.1, 0.15) is 0 Å². The summed E-state index contributed by atoms with van der Waals surface area (Å²) < 4.78 is 25.2. The lowest BCUT2D eigenvalue weighted by Crippen LogP contribution is -2.35. The van der Waals surface area contributed by atoms with Gasteiger partial charge < -0.3 is 10.2 Å². The zero-order valence-electron chi connectivity index (χ0n) is 17.0. The van der Waals surface area contributed by atoms with E-state index in [0.29, 0.717) is 11.3 Å². The van der Waals surface area contributed by atoms with Gasteiger partial charge in [0.05, 0.1) is 26.3 Å². The number of carbonyl (C=O) groups excluding carboxylic acids is 2. The quantitative estimate of drug-likeness (QED) is 0.734. The third-order valence-corrected chi connectivity index (χ3v) is 7.68. The van der Waals surface area contributed by atoms with E-state index in [2.05, 4.69) is 5.32 Å². The minimum atomic E-state index is -3.62. The molecule has 1 heterocycles. The van der Waals surface area contributed by atoms with Crippen molar-refractivity contribution in [2.24, 2.45) is 0 Å². The number of benzene rings is 2. The maximum atomic E-state index is 12.8. The SMILES string of the molecule is CC(C)S(=O)(=O)c1ccccc1C(=O)Nc1ccc(C(=O)N2CCCCC2)c(Cl)c1. The van der Waals surface area contributed by atoms with Crippen LogP contribution in [0.25, 0.3) is 0 Å². The molecule has 160 valence electrons. The summed E-state index contributed by atoms with van der Waals surface area (Å²) in [6.45, 7) is 4.58. The summed E-state index contributed by atoms with van der Waals surface area (Å²) >= 11 is 6.32. The Balaban J connectivity index is 1.82. The standard InChI is InChI=1S/C22H25ClN2O4S/c1-15(2)30(28,29)20-9-5-4-8-18(20)21(26)24-16-10-11-17(19(23)14-16)22(27)25-12-6-3-7-13-25/h4-5,8-11,14-15H,3,6-7,12-13H2,1-2H3,(H,24,26). The topological polar surface area (TPSA) is 83.5 Å². The molecule has 1 saturated heterocycles. The summed E-state index contributed by atoms with van der Waals surface area (Å²) in [5.74, 6) is -0.674. The van der Waals surface area contributed by atoms with E-state index < -0.39 is 21.0 Å². The van der Waals surface area contributed by atoms with E-state index in [1.165, 1.54) is 18.2 Å². The van der Waals surface area contributed by atoms with E-state index in [1.807, 2.05) is 0 Å². The zero-order chi connectivity index (χ0) is 21.9. The first-order chi connectivity index (χ1) is 14.2. The molecule has 30 heavy (non-hydrogen) atoms. The fourth-order valence-corrected chi connectivity index (χ4v) is 4.89. The highest BCUT2D eigenvalue weighted by molar-refractivity contribution is 7.92. The maximum Gasteiger partial charge on any atom is 0.256 e. The highest BCUT2D eigenvalue weighted by Crippen LogP contribution is 2.26. The minimum Gasteiger partial charge on any atom is -0.339 e. The third-order valence-electron chi connectivity index (χ3n) is 5.16. The van der Waals surface area contributed by atoms with Crippen molar-refractivity contribution in [2.45, 2.75) is 43.3 Å². The fourth-order valence-electron chi connectivity index (χ4n) is 3.39. The maximum absolute atomic E-state index is 12.8. The molecule has 1 aliphatic heterocycles. The number of anilines is 1. The van der Waals surface area contributed by atoms with Gasteiger partial charge in [-0.2, -0.15) is 0 Å². The Labute approximate surface area is 182 Å². The minimum absolute atomic E-state index is 0.0134. The molecule has 0 radical (unpaired) electrons. The summed E-state index contributed by atoms with van der Waals surface area (Å²) in [6.07, 6.45) is 3.09. The molecule has 0 aromatic heterocycles. The van der Waals surface area contributed by atoms with Crippen molar-refractivity contribution in [3.05, 3.63) is 58.6 Å². The lowest BCUT2D eigenvalue weighted by atomic mass is 10.1. The number of rotatable bonds is 5. The predicted octanol–water partition coefficient (Wildman–Crippen LogP) is 4.40. The van der Waals surface area contributed by atoms with Crippen molar-refractivity contribution in [3.63, 3.8) is 0 Å². The van der Waals surface area contributed by atoms with Gasteiger partial charge in [-0.1, -0.05) is 23.7 Å². The van der Waals surface area contributed by atoms with Crippen LogP contribution in [-0.4, -0.2) is 43.5 Å². The molecular weight excluding hydrogens is 424 g/mol. The van der Waals surface area contributed by atoms with Crippen LogP contribution in [0.1, 0.15) is 53.8 Å². The molecule has 0 spiro atoms. The van der Waals surface area contributed by atoms with Crippen molar-refractivity contribution >= 4 is 38.9 Å². The second-order valence-corrected chi connectivity index (χ2v) is 10.5. The Morgan fingerprint density at radius 1 is 1.00 bits per heavy atom.